The van der Waals surface area contributed by atoms with Crippen molar-refractivity contribution in [1.29, 1.82) is 0 Å². The van der Waals surface area contributed by atoms with Crippen molar-refractivity contribution in [2.75, 3.05) is 0 Å². The molecule has 0 atom stereocenters. The van der Waals surface area contributed by atoms with Crippen molar-refractivity contribution in [2.24, 2.45) is 5.92 Å². The molecule has 0 saturated heterocycles. The summed E-state index contributed by atoms with van der Waals surface area (Å²) >= 11 is 0. The van der Waals surface area contributed by atoms with Crippen molar-refractivity contribution >= 4 is 6.29 Å². The Morgan fingerprint density at radius 3 is 1.57 bits per heavy atom. The second-order valence-corrected chi connectivity index (χ2v) is 5.28. The van der Waals surface area contributed by atoms with Gasteiger partial charge in [0.25, 0.3) is 0 Å². The molecule has 0 radical (unpaired) electrons. The number of hydrogen-bond acceptors (Lipinski definition) is 1. The van der Waals surface area contributed by atoms with Gasteiger partial charge in [-0.05, 0) is 26.7 Å². The van der Waals surface area contributed by atoms with E-state index in [4.69, 9.17) is 4.79 Å². The zero-order valence-corrected chi connectivity index (χ0v) is 17.7. The van der Waals surface area contributed by atoms with Gasteiger partial charge in [0.1, 0.15) is 6.29 Å². The predicted molar refractivity (Wildman–Crippen MR) is 109 cm³/mol. The number of benzene rings is 1. The first-order chi connectivity index (χ1) is 11.0. The summed E-state index contributed by atoms with van der Waals surface area (Å²) in [6, 6.07) is 8.45. The van der Waals surface area contributed by atoms with Crippen LogP contribution in [0.3, 0.4) is 0 Å². The third kappa shape index (κ3) is 38.6. The molecule has 0 unspecified atom stereocenters. The third-order valence-electron chi connectivity index (χ3n) is 2.56. The third-order valence-corrected chi connectivity index (χ3v) is 2.56. The summed E-state index contributed by atoms with van der Waals surface area (Å²) in [5, 5.41) is 0. The lowest BCUT2D eigenvalue weighted by atomic mass is 10.1. The lowest BCUT2D eigenvalue weighted by molar-refractivity contribution is -0.106. The number of aldehydes is 1. The number of carbonyl (C=O) groups is 1. The van der Waals surface area contributed by atoms with Gasteiger partial charge in [-0.3, -0.25) is 0 Å². The number of unbranched alkanes of at least 4 members (excludes halogenated alkanes) is 2. The van der Waals surface area contributed by atoms with Gasteiger partial charge in [-0.2, -0.15) is 0 Å². The Morgan fingerprint density at radius 2 is 1.35 bits per heavy atom. The van der Waals surface area contributed by atoms with Gasteiger partial charge in [-0.1, -0.05) is 110 Å². The van der Waals surface area contributed by atoms with E-state index in [1.54, 1.807) is 0 Å². The highest BCUT2D eigenvalue weighted by molar-refractivity contribution is 5.44. The van der Waals surface area contributed by atoms with Crippen molar-refractivity contribution in [3.05, 3.63) is 35.4 Å². The molecule has 1 nitrogen and oxygen atoms in total. The predicted octanol–water partition coefficient (Wildman–Crippen LogP) is 7.78. The van der Waals surface area contributed by atoms with Crippen LogP contribution in [0.2, 0.25) is 0 Å². The fraction of sp³-hybridized carbons (Fsp3) is 0.682. The second-order valence-electron chi connectivity index (χ2n) is 5.28. The molecule has 0 aliphatic carbocycles. The van der Waals surface area contributed by atoms with Crippen molar-refractivity contribution in [2.45, 2.75) is 94.9 Å². The first-order valence-corrected chi connectivity index (χ1v) is 9.40. The summed E-state index contributed by atoms with van der Waals surface area (Å²) in [7, 11) is 0. The van der Waals surface area contributed by atoms with Gasteiger partial charge in [0, 0.05) is 0 Å². The lowest BCUT2D eigenvalue weighted by Crippen LogP contribution is -1.85. The highest BCUT2D eigenvalue weighted by Crippen LogP contribution is 2.06. The first-order valence-electron chi connectivity index (χ1n) is 9.40. The quantitative estimate of drug-likeness (QED) is 0.408. The molecule has 0 aromatic heterocycles. The summed E-state index contributed by atoms with van der Waals surface area (Å²) in [5.41, 5.74) is 2.68. The van der Waals surface area contributed by atoms with E-state index in [0.29, 0.717) is 0 Å². The molecule has 1 rings (SSSR count). The largest absolute Gasteiger partial charge is 0.304 e. The van der Waals surface area contributed by atoms with E-state index in [1.165, 1.54) is 43.7 Å². The van der Waals surface area contributed by atoms with E-state index in [-0.39, 0.29) is 0 Å². The van der Waals surface area contributed by atoms with Gasteiger partial charge in [0.05, 0.1) is 0 Å². The van der Waals surface area contributed by atoms with E-state index < -0.39 is 0 Å². The average Bonchev–Trinajstić information content (AvgIpc) is 2.52. The van der Waals surface area contributed by atoms with Gasteiger partial charge in [0.2, 0.25) is 0 Å². The molecule has 0 N–H and O–H groups in total. The van der Waals surface area contributed by atoms with Crippen molar-refractivity contribution in [1.82, 2.24) is 0 Å². The smallest absolute Gasteiger partial charge is 0.116 e. The molecule has 0 spiro atoms. The van der Waals surface area contributed by atoms with E-state index in [9.17, 15) is 0 Å². The van der Waals surface area contributed by atoms with E-state index in [0.717, 1.165) is 12.2 Å². The molecule has 1 aromatic carbocycles. The van der Waals surface area contributed by atoms with Gasteiger partial charge >= 0.3 is 0 Å². The van der Waals surface area contributed by atoms with Crippen molar-refractivity contribution in [3.8, 4) is 0 Å². The van der Waals surface area contributed by atoms with Crippen LogP contribution < -0.4 is 0 Å². The van der Waals surface area contributed by atoms with E-state index >= 15 is 0 Å². The summed E-state index contributed by atoms with van der Waals surface area (Å²) in [5.74, 6) is 0.904. The fourth-order valence-corrected chi connectivity index (χ4v) is 1.61. The highest BCUT2D eigenvalue weighted by Gasteiger charge is 1.90. The number of carbonyl (C=O) groups excluding carboxylic acids is 1. The van der Waals surface area contributed by atoms with Crippen molar-refractivity contribution < 1.29 is 4.79 Å². The molecule has 0 amide bonds. The fourth-order valence-electron chi connectivity index (χ4n) is 1.61. The van der Waals surface area contributed by atoms with Gasteiger partial charge in [0.15, 0.2) is 0 Å². The Balaban J connectivity index is -0.000000114. The van der Waals surface area contributed by atoms with Gasteiger partial charge in [-0.25, -0.2) is 0 Å². The normalized spacial score (nSPS) is 7.96. The Kier molecular flexibility index (Phi) is 37.6. The van der Waals surface area contributed by atoms with Crippen LogP contribution in [0.4, 0.5) is 0 Å². The maximum atomic E-state index is 8.81. The maximum absolute atomic E-state index is 8.81. The van der Waals surface area contributed by atoms with Crippen molar-refractivity contribution in [3.63, 3.8) is 0 Å². The van der Waals surface area contributed by atoms with Crippen LogP contribution in [-0.4, -0.2) is 6.29 Å². The van der Waals surface area contributed by atoms with E-state index in [2.05, 4.69) is 58.9 Å². The Labute approximate surface area is 147 Å². The van der Waals surface area contributed by atoms with Crippen LogP contribution >= 0.6 is 0 Å². The van der Waals surface area contributed by atoms with Crippen LogP contribution in [0.5, 0.6) is 0 Å². The number of rotatable bonds is 4. The molecule has 138 valence electrons. The topological polar surface area (TPSA) is 17.1 Å². The maximum Gasteiger partial charge on any atom is 0.116 e. The molecule has 0 saturated carbocycles. The molecule has 23 heavy (non-hydrogen) atoms. The molecule has 0 heterocycles. The lowest BCUT2D eigenvalue weighted by Gasteiger charge is -2.00. The molecule has 0 aliphatic rings. The Bertz CT molecular complexity index is 285. The standard InChI is InChI=1S/C8H10.C8H18.C2H4O.2C2H6/c1-7-4-3-5-8(2)6-7;1-4-5-6-7-8(2)3;1-2-3;2*1-2/h3-6H,1-2H3;8H,4-7H2,1-3H3;2H,1H3;2*1-2H3. The zero-order chi connectivity index (χ0) is 19.1. The molecule has 1 heteroatoms. The molecule has 0 fully saturated rings. The molecule has 0 bridgehead atoms. The van der Waals surface area contributed by atoms with Crippen LogP contribution in [-0.2, 0) is 4.79 Å². The second kappa shape index (κ2) is 29.0. The number of hydrogen-bond donors (Lipinski definition) is 0. The minimum absolute atomic E-state index is 0.750. The summed E-state index contributed by atoms with van der Waals surface area (Å²) in [4.78, 5) is 8.81. The Hall–Kier alpha value is -1.11. The SMILES string of the molecule is CC.CC.CC=O.CCCCCC(C)C.Cc1cccc(C)c1. The van der Waals surface area contributed by atoms with Crippen LogP contribution in [0.15, 0.2) is 24.3 Å². The molecule has 1 aromatic rings. The first kappa shape index (κ1) is 29.8. The molecule has 0 aliphatic heterocycles. The summed E-state index contributed by atoms with van der Waals surface area (Å²) in [6.45, 7) is 20.5. The molecular weight excluding hydrogens is 280 g/mol. The van der Waals surface area contributed by atoms with Gasteiger partial charge < -0.3 is 4.79 Å². The van der Waals surface area contributed by atoms with Crippen LogP contribution in [0.1, 0.15) is 92.2 Å². The average molecular weight is 325 g/mol. The number of aryl methyl sites for hydroxylation is 2. The highest BCUT2D eigenvalue weighted by atomic mass is 16.1. The van der Waals surface area contributed by atoms with E-state index in [1.807, 2.05) is 27.7 Å². The summed E-state index contributed by atoms with van der Waals surface area (Å²) < 4.78 is 0. The monoisotopic (exact) mass is 324 g/mol. The minimum atomic E-state index is 0.750. The van der Waals surface area contributed by atoms with Crippen LogP contribution in [0, 0.1) is 19.8 Å². The molecular formula is C22H44O. The summed E-state index contributed by atoms with van der Waals surface area (Å²) in [6.07, 6.45) is 6.35. The zero-order valence-electron chi connectivity index (χ0n) is 17.7. The van der Waals surface area contributed by atoms with Crippen LogP contribution in [0.25, 0.3) is 0 Å². The van der Waals surface area contributed by atoms with Gasteiger partial charge in [-0.15, -0.1) is 0 Å². The minimum Gasteiger partial charge on any atom is -0.304 e. The Morgan fingerprint density at radius 1 is 0.957 bits per heavy atom.